The van der Waals surface area contributed by atoms with Crippen LogP contribution < -0.4 is 90.9 Å². The van der Waals surface area contributed by atoms with E-state index in [9.17, 15) is 25.9 Å². The first-order valence-electron chi connectivity index (χ1n) is 15.8. The van der Waals surface area contributed by atoms with Crippen LogP contribution in [0.15, 0.2) is 180 Å². The zero-order valence-electron chi connectivity index (χ0n) is 29.9. The first-order valence-corrected chi connectivity index (χ1v) is 23.6. The van der Waals surface area contributed by atoms with Crippen molar-refractivity contribution in [1.82, 2.24) is 0 Å². The summed E-state index contributed by atoms with van der Waals surface area (Å²) in [6.45, 7) is 0. The van der Waals surface area contributed by atoms with E-state index >= 15 is 0 Å². The Labute approximate surface area is 387 Å². The van der Waals surface area contributed by atoms with Gasteiger partial charge in [0.05, 0.1) is 9.79 Å². The van der Waals surface area contributed by atoms with Gasteiger partial charge in [-0.1, -0.05) is 146 Å². The molecule has 1 fully saturated rings. The second-order valence-corrected chi connectivity index (χ2v) is 18.1. The number of halogens is 1. The number of rotatable bonds is 8. The Morgan fingerprint density at radius 2 is 0.582 bits per heavy atom. The third kappa shape index (κ3) is 16.2. The van der Waals surface area contributed by atoms with Crippen molar-refractivity contribution < 1.29 is 102 Å². The number of hydrogen-bond acceptors (Lipinski definition) is 6. The van der Waals surface area contributed by atoms with Crippen LogP contribution in [-0.4, -0.2) is 25.9 Å². The molecule has 0 atom stereocenters. The predicted molar refractivity (Wildman–Crippen MR) is 214 cm³/mol. The average Bonchev–Trinajstić information content (AvgIpc) is 3.79. The summed E-state index contributed by atoms with van der Waals surface area (Å²) in [5, 5.41) is 6.11. The van der Waals surface area contributed by atoms with Crippen LogP contribution in [0.2, 0.25) is 0 Å². The molecular formula is C41H33ClNa2O6P2RuS2+. The predicted octanol–water partition coefficient (Wildman–Crippen LogP) is 0.414. The molecule has 55 heavy (non-hydrogen) atoms. The summed E-state index contributed by atoms with van der Waals surface area (Å²) < 4.78 is 68.0. The molecule has 0 unspecified atom stereocenters. The van der Waals surface area contributed by atoms with Crippen LogP contribution in [0.3, 0.4) is 0 Å². The van der Waals surface area contributed by atoms with Gasteiger partial charge < -0.3 is 9.11 Å². The minimum absolute atomic E-state index is 0. The van der Waals surface area contributed by atoms with Crippen molar-refractivity contribution in [1.29, 1.82) is 0 Å². The van der Waals surface area contributed by atoms with Crippen LogP contribution in [0.5, 0.6) is 0 Å². The molecule has 14 heteroatoms. The Morgan fingerprint density at radius 1 is 0.364 bits per heavy atom. The van der Waals surface area contributed by atoms with Crippen molar-refractivity contribution in [3.63, 3.8) is 0 Å². The molecule has 0 spiro atoms. The fourth-order valence-corrected chi connectivity index (χ4v) is 11.0. The Kier molecular flexibility index (Phi) is 23.8. The molecule has 6 nitrogen and oxygen atoms in total. The molecule has 0 saturated heterocycles. The molecule has 0 bridgehead atoms. The molecule has 0 heterocycles. The standard InChI is InChI=1S/2C18H15O3PS.C5H5.ClH.2Na.Ru/c2*19-23(20,21)18-13-7-12-17(14-18)22(15-8-3-1-4-9-15)16-10-5-2-6-11-16;1-2-4-5-3-1;;;;/h2*1-14H,(H,19,20,21);1-5H;1H;;;/q;;;;2*+1;+2/p-3. The van der Waals surface area contributed by atoms with Gasteiger partial charge in [-0.3, -0.25) is 0 Å². The van der Waals surface area contributed by atoms with E-state index in [-0.39, 0.29) is 68.9 Å². The smallest absolute Gasteiger partial charge is 1.00 e. The summed E-state index contributed by atoms with van der Waals surface area (Å²) in [5.74, 6) is 0. The Bertz CT molecular complexity index is 1970. The minimum Gasteiger partial charge on any atom is 1.00 e. The summed E-state index contributed by atoms with van der Waals surface area (Å²) in [6, 6.07) is 52.3. The molecule has 6 aromatic carbocycles. The summed E-state index contributed by atoms with van der Waals surface area (Å²) in [5.41, 5.74) is 0. The van der Waals surface area contributed by atoms with E-state index in [1.807, 2.05) is 183 Å². The molecular weight excluding hydrogens is 897 g/mol. The fourth-order valence-electron chi connectivity index (χ4n) is 5.08. The van der Waals surface area contributed by atoms with Gasteiger partial charge in [0.15, 0.2) is 0 Å². The number of benzene rings is 6. The molecule has 1 saturated carbocycles. The van der Waals surface area contributed by atoms with Crippen molar-refractivity contribution in [3.8, 4) is 0 Å². The van der Waals surface area contributed by atoms with Crippen LogP contribution >= 0.6 is 25.5 Å². The van der Waals surface area contributed by atoms with Gasteiger partial charge in [0.1, 0.15) is 20.2 Å². The van der Waals surface area contributed by atoms with Gasteiger partial charge in [0.2, 0.25) is 0 Å². The Balaban J connectivity index is 0.000000314. The summed E-state index contributed by atoms with van der Waals surface area (Å²) in [7, 11) is -6.18. The molecule has 1 aliphatic rings. The maximum atomic E-state index is 11.3. The molecule has 1 aliphatic carbocycles. The van der Waals surface area contributed by atoms with Gasteiger partial charge in [-0.25, -0.2) is 16.8 Å². The van der Waals surface area contributed by atoms with Gasteiger partial charge in [-0.05, 0) is 104 Å². The van der Waals surface area contributed by atoms with Gasteiger partial charge in [0.25, 0.3) is 0 Å². The minimum atomic E-state index is -4.46. The molecule has 0 amide bonds. The number of hydrogen-bond donors (Lipinski definition) is 0. The van der Waals surface area contributed by atoms with Crippen molar-refractivity contribution in [3.05, 3.63) is 202 Å². The topological polar surface area (TPSA) is 114 Å². The molecule has 271 valence electrons. The van der Waals surface area contributed by atoms with Crippen LogP contribution in [0.4, 0.5) is 0 Å². The van der Waals surface area contributed by atoms with Crippen LogP contribution in [0.25, 0.3) is 0 Å². The monoisotopic (exact) mass is 930 g/mol. The van der Waals surface area contributed by atoms with E-state index in [0.29, 0.717) is 0 Å². The zero-order chi connectivity index (χ0) is 38.1. The van der Waals surface area contributed by atoms with Gasteiger partial charge in [-0.2, -0.15) is 0 Å². The first-order chi connectivity index (χ1) is 25.6. The molecule has 6 aromatic rings. The SMILES string of the molecule is O=S(=O)([O-])c1cccc(P(c2ccccc2)c2ccccc2)c1.O=S(=O)([O-])c1cccc(P(c2ccccc2)c2ccccc2)c1.[CH]1[CH][CH][CH][CH]1.[Cl][Ru+].[Na+].[Na+]. The quantitative estimate of drug-likeness (QED) is 0.124. The third-order valence-electron chi connectivity index (χ3n) is 7.34. The Morgan fingerprint density at radius 3 is 0.800 bits per heavy atom. The van der Waals surface area contributed by atoms with E-state index in [0.717, 1.165) is 31.8 Å². The van der Waals surface area contributed by atoms with E-state index in [4.69, 9.17) is 0 Å². The maximum Gasteiger partial charge on any atom is 1.00 e. The summed E-state index contributed by atoms with van der Waals surface area (Å²) in [6.07, 6.45) is 10.0. The third-order valence-corrected chi connectivity index (χ3v) is 13.9. The Hall–Kier alpha value is -1.09. The van der Waals surface area contributed by atoms with Gasteiger partial charge in [0, 0.05) is 0 Å². The van der Waals surface area contributed by atoms with Crippen molar-refractivity contribution in [2.75, 3.05) is 0 Å². The van der Waals surface area contributed by atoms with Crippen molar-refractivity contribution in [2.45, 2.75) is 9.79 Å². The second kappa shape index (κ2) is 26.1. The van der Waals surface area contributed by atoms with E-state index < -0.39 is 36.1 Å². The van der Waals surface area contributed by atoms with E-state index in [2.05, 4.69) is 9.69 Å². The van der Waals surface area contributed by atoms with Gasteiger partial charge in [-0.15, -0.1) is 0 Å². The van der Waals surface area contributed by atoms with Crippen molar-refractivity contribution in [2.24, 2.45) is 0 Å². The summed E-state index contributed by atoms with van der Waals surface area (Å²) in [4.78, 5) is -0.372. The largest absolute Gasteiger partial charge is 1.00 e. The summed E-state index contributed by atoms with van der Waals surface area (Å²) >= 11 is 1.82. The maximum absolute atomic E-state index is 11.3. The van der Waals surface area contributed by atoms with Gasteiger partial charge >= 0.3 is 86.1 Å². The second-order valence-electron chi connectivity index (χ2n) is 10.9. The first kappa shape index (κ1) is 50.1. The molecule has 0 aromatic heterocycles. The molecule has 0 N–H and O–H groups in total. The fraction of sp³-hybridized carbons (Fsp3) is 0. The molecule has 5 radical (unpaired) electrons. The average molecular weight is 930 g/mol. The van der Waals surface area contributed by atoms with Crippen molar-refractivity contribution >= 4 is 77.6 Å². The zero-order valence-corrected chi connectivity index (χ0v) is 39.9. The molecule has 7 rings (SSSR count). The van der Waals surface area contributed by atoms with Crippen LogP contribution in [0, 0.1) is 32.1 Å². The van der Waals surface area contributed by atoms with E-state index in [1.165, 1.54) is 24.3 Å². The van der Waals surface area contributed by atoms with Crippen LogP contribution in [0.1, 0.15) is 0 Å². The van der Waals surface area contributed by atoms with Crippen LogP contribution in [-0.2, 0) is 37.5 Å². The van der Waals surface area contributed by atoms with E-state index in [1.54, 1.807) is 12.1 Å². The normalized spacial score (nSPS) is 12.0. The molecule has 0 aliphatic heterocycles.